The average molecular weight is 500 g/mol. The molecule has 0 aromatic heterocycles. The van der Waals surface area contributed by atoms with Crippen molar-refractivity contribution in [3.63, 3.8) is 0 Å². The normalized spacial score (nSPS) is 11.1. The van der Waals surface area contributed by atoms with Gasteiger partial charge in [0.2, 0.25) is 0 Å². The van der Waals surface area contributed by atoms with Gasteiger partial charge in [0, 0.05) is 5.56 Å². The van der Waals surface area contributed by atoms with Crippen LogP contribution in [0.15, 0.2) is 102 Å². The Balaban J connectivity index is 1.75. The van der Waals surface area contributed by atoms with Crippen LogP contribution in [0.3, 0.4) is 0 Å². The van der Waals surface area contributed by atoms with Crippen LogP contribution in [0.1, 0.15) is 37.4 Å². The van der Waals surface area contributed by atoms with Gasteiger partial charge in [-0.25, -0.2) is 13.2 Å². The predicted octanol–water partition coefficient (Wildman–Crippen LogP) is 5.87. The Labute approximate surface area is 210 Å². The van der Waals surface area contributed by atoms with Gasteiger partial charge < -0.3 is 4.74 Å². The van der Waals surface area contributed by atoms with E-state index in [0.717, 1.165) is 15.4 Å². The van der Waals surface area contributed by atoms with Gasteiger partial charge in [0.05, 0.1) is 16.1 Å². The highest BCUT2D eigenvalue weighted by Gasteiger charge is 2.33. The number of carbonyl (C=O) groups is 2. The maximum Gasteiger partial charge on any atom is 0.343 e. The average Bonchev–Trinajstić information content (AvgIpc) is 2.88. The third-order valence-corrected chi connectivity index (χ3v) is 7.66. The minimum atomic E-state index is -4.27. The summed E-state index contributed by atoms with van der Waals surface area (Å²) in [6.07, 6.45) is 0. The van der Waals surface area contributed by atoms with Crippen molar-refractivity contribution in [1.82, 2.24) is 0 Å². The van der Waals surface area contributed by atoms with Gasteiger partial charge in [-0.2, -0.15) is 4.31 Å². The van der Waals surface area contributed by atoms with E-state index in [-0.39, 0.29) is 21.9 Å². The Hall–Kier alpha value is -4.23. The topological polar surface area (TPSA) is 80.8 Å². The summed E-state index contributed by atoms with van der Waals surface area (Å²) < 4.78 is 34.0. The summed E-state index contributed by atoms with van der Waals surface area (Å²) in [7, 11) is -4.27. The van der Waals surface area contributed by atoms with Crippen LogP contribution in [0.4, 0.5) is 5.69 Å². The highest BCUT2D eigenvalue weighted by atomic mass is 32.2. The van der Waals surface area contributed by atoms with E-state index in [0.29, 0.717) is 11.1 Å². The van der Waals surface area contributed by atoms with Crippen molar-refractivity contribution < 1.29 is 22.7 Å². The van der Waals surface area contributed by atoms with Crippen LogP contribution in [-0.4, -0.2) is 20.3 Å². The summed E-state index contributed by atoms with van der Waals surface area (Å²) >= 11 is 0. The summed E-state index contributed by atoms with van der Waals surface area (Å²) in [5.41, 5.74) is 3.03. The molecule has 7 heteroatoms. The summed E-state index contributed by atoms with van der Waals surface area (Å²) in [6, 6.07) is 25.9. The molecule has 0 fully saturated rings. The molecule has 0 atom stereocenters. The van der Waals surface area contributed by atoms with Crippen molar-refractivity contribution in [3.8, 4) is 5.75 Å². The number of amides is 1. The van der Waals surface area contributed by atoms with Crippen LogP contribution in [0.2, 0.25) is 0 Å². The molecule has 0 heterocycles. The lowest BCUT2D eigenvalue weighted by atomic mass is 10.1. The van der Waals surface area contributed by atoms with E-state index in [9.17, 15) is 18.0 Å². The monoisotopic (exact) mass is 499 g/mol. The molecule has 0 saturated heterocycles. The Morgan fingerprint density at radius 1 is 0.667 bits per heavy atom. The Kier molecular flexibility index (Phi) is 7.03. The third kappa shape index (κ3) is 5.06. The summed E-state index contributed by atoms with van der Waals surface area (Å²) in [6.45, 7) is 5.44. The fourth-order valence-corrected chi connectivity index (χ4v) is 5.47. The van der Waals surface area contributed by atoms with Gasteiger partial charge >= 0.3 is 5.97 Å². The first kappa shape index (κ1) is 24.9. The molecule has 4 aromatic rings. The van der Waals surface area contributed by atoms with E-state index < -0.39 is 21.9 Å². The van der Waals surface area contributed by atoms with Crippen LogP contribution >= 0.6 is 0 Å². The van der Waals surface area contributed by atoms with E-state index >= 15 is 0 Å². The van der Waals surface area contributed by atoms with Crippen molar-refractivity contribution in [3.05, 3.63) is 125 Å². The first-order valence-electron chi connectivity index (χ1n) is 11.3. The lowest BCUT2D eigenvalue weighted by Crippen LogP contribution is -2.37. The largest absolute Gasteiger partial charge is 0.423 e. The van der Waals surface area contributed by atoms with E-state index in [2.05, 4.69) is 0 Å². The standard InChI is InChI=1S/C29H25NO5S/c1-20-18-22(3)27(19-21(20)2)36(33,34)30(28(31)23-10-6-4-7-11-23)25-14-16-26(17-15-25)35-29(32)24-12-8-5-9-13-24/h4-19H,1-3H3. The number of hydrogen-bond donors (Lipinski definition) is 0. The van der Waals surface area contributed by atoms with E-state index in [1.807, 2.05) is 13.8 Å². The fourth-order valence-electron chi connectivity index (χ4n) is 3.76. The number of aryl methyl sites for hydroxylation is 3. The van der Waals surface area contributed by atoms with Crippen LogP contribution in [0.5, 0.6) is 5.75 Å². The van der Waals surface area contributed by atoms with Crippen LogP contribution in [0.25, 0.3) is 0 Å². The highest BCUT2D eigenvalue weighted by Crippen LogP contribution is 2.30. The lowest BCUT2D eigenvalue weighted by Gasteiger charge is -2.24. The second kappa shape index (κ2) is 10.2. The lowest BCUT2D eigenvalue weighted by molar-refractivity contribution is 0.0734. The molecule has 0 aliphatic carbocycles. The molecule has 182 valence electrons. The van der Waals surface area contributed by atoms with Crippen molar-refractivity contribution in [2.24, 2.45) is 0 Å². The summed E-state index contributed by atoms with van der Waals surface area (Å²) in [5, 5.41) is 0. The molecule has 0 radical (unpaired) electrons. The van der Waals surface area contributed by atoms with Crippen LogP contribution in [0, 0.1) is 20.8 Å². The molecular weight excluding hydrogens is 474 g/mol. The minimum absolute atomic E-state index is 0.0504. The molecular formula is C29H25NO5S. The molecule has 0 aliphatic rings. The number of rotatable bonds is 6. The molecule has 0 N–H and O–H groups in total. The zero-order valence-electron chi connectivity index (χ0n) is 20.1. The van der Waals surface area contributed by atoms with Crippen molar-refractivity contribution >= 4 is 27.6 Å². The zero-order chi connectivity index (χ0) is 25.9. The number of benzene rings is 4. The van der Waals surface area contributed by atoms with Crippen molar-refractivity contribution in [1.29, 1.82) is 0 Å². The first-order chi connectivity index (χ1) is 17.2. The number of sulfonamides is 1. The molecule has 36 heavy (non-hydrogen) atoms. The zero-order valence-corrected chi connectivity index (χ0v) is 21.0. The summed E-state index contributed by atoms with van der Waals surface area (Å²) in [4.78, 5) is 26.0. The van der Waals surface area contributed by atoms with Gasteiger partial charge in [-0.05, 0) is 92.1 Å². The number of anilines is 1. The molecule has 0 spiro atoms. The van der Waals surface area contributed by atoms with E-state index in [4.69, 9.17) is 4.74 Å². The van der Waals surface area contributed by atoms with E-state index in [1.54, 1.807) is 79.7 Å². The van der Waals surface area contributed by atoms with E-state index in [1.165, 1.54) is 24.3 Å². The smallest absolute Gasteiger partial charge is 0.343 e. The van der Waals surface area contributed by atoms with Crippen LogP contribution in [-0.2, 0) is 10.0 Å². The summed E-state index contributed by atoms with van der Waals surface area (Å²) in [5.74, 6) is -1.01. The number of ether oxygens (including phenoxy) is 1. The first-order valence-corrected chi connectivity index (χ1v) is 12.7. The second-order valence-electron chi connectivity index (χ2n) is 8.39. The molecule has 0 aliphatic heterocycles. The molecule has 6 nitrogen and oxygen atoms in total. The molecule has 4 aromatic carbocycles. The minimum Gasteiger partial charge on any atom is -0.423 e. The quantitative estimate of drug-likeness (QED) is 0.245. The van der Waals surface area contributed by atoms with Gasteiger partial charge in [0.25, 0.3) is 15.9 Å². The van der Waals surface area contributed by atoms with Crippen molar-refractivity contribution in [2.45, 2.75) is 25.7 Å². The maximum atomic E-state index is 13.9. The SMILES string of the molecule is Cc1cc(C)c(S(=O)(=O)N(C(=O)c2ccccc2)c2ccc(OC(=O)c3ccccc3)cc2)cc1C. The molecule has 0 saturated carbocycles. The Morgan fingerprint density at radius 2 is 1.19 bits per heavy atom. The third-order valence-electron chi connectivity index (χ3n) is 5.81. The number of carbonyl (C=O) groups excluding carboxylic acids is 2. The Morgan fingerprint density at radius 3 is 1.78 bits per heavy atom. The molecule has 0 bridgehead atoms. The van der Waals surface area contributed by atoms with Gasteiger partial charge in [-0.1, -0.05) is 42.5 Å². The second-order valence-corrected chi connectivity index (χ2v) is 10.1. The Bertz CT molecular complexity index is 1510. The van der Waals surface area contributed by atoms with Crippen molar-refractivity contribution in [2.75, 3.05) is 4.31 Å². The van der Waals surface area contributed by atoms with Gasteiger partial charge in [0.1, 0.15) is 5.75 Å². The van der Waals surface area contributed by atoms with Crippen LogP contribution < -0.4 is 9.04 Å². The molecule has 1 amide bonds. The number of nitrogens with zero attached hydrogens (tertiary/aromatic N) is 1. The van der Waals surface area contributed by atoms with Gasteiger partial charge in [0.15, 0.2) is 0 Å². The fraction of sp³-hybridized carbons (Fsp3) is 0.103. The highest BCUT2D eigenvalue weighted by molar-refractivity contribution is 7.93. The van der Waals surface area contributed by atoms with Gasteiger partial charge in [-0.3, -0.25) is 4.79 Å². The predicted molar refractivity (Wildman–Crippen MR) is 139 cm³/mol. The van der Waals surface area contributed by atoms with Gasteiger partial charge in [-0.15, -0.1) is 0 Å². The molecule has 4 rings (SSSR count). The number of hydrogen-bond acceptors (Lipinski definition) is 5. The molecule has 0 unspecified atom stereocenters. The number of esters is 1. The maximum absolute atomic E-state index is 13.9.